The molecule has 0 bridgehead atoms. The van der Waals surface area contributed by atoms with E-state index in [1.54, 1.807) is 0 Å². The van der Waals surface area contributed by atoms with Gasteiger partial charge >= 0.3 is 0 Å². The molecule has 1 saturated carbocycles. The normalized spacial score (nSPS) is 19.4. The summed E-state index contributed by atoms with van der Waals surface area (Å²) in [6.07, 6.45) is 7.08. The Hall–Kier alpha value is -0.0400. The zero-order valence-corrected chi connectivity index (χ0v) is 9.47. The first-order valence-electron chi connectivity index (χ1n) is 5.92. The van der Waals surface area contributed by atoms with Gasteiger partial charge in [0.15, 0.2) is 0 Å². The van der Waals surface area contributed by atoms with Gasteiger partial charge in [-0.05, 0) is 44.6 Å². The van der Waals surface area contributed by atoms with Crippen LogP contribution < -0.4 is 5.32 Å². The van der Waals surface area contributed by atoms with Gasteiger partial charge in [-0.2, -0.15) is 0 Å². The standard InChI is InChI=1S/C12H25N/c1-10(2)4-5-11(3)13-9-8-12-6-7-12/h10-13H,4-9H2,1-3H3. The van der Waals surface area contributed by atoms with E-state index in [0.29, 0.717) is 0 Å². The Kier molecular flexibility index (Phi) is 4.79. The minimum absolute atomic E-state index is 0.723. The van der Waals surface area contributed by atoms with E-state index < -0.39 is 0 Å². The van der Waals surface area contributed by atoms with Crippen molar-refractivity contribution in [2.45, 2.75) is 58.9 Å². The first-order valence-corrected chi connectivity index (χ1v) is 5.92. The van der Waals surface area contributed by atoms with Gasteiger partial charge in [-0.3, -0.25) is 0 Å². The van der Waals surface area contributed by atoms with Crippen LogP contribution in [0.25, 0.3) is 0 Å². The van der Waals surface area contributed by atoms with E-state index in [2.05, 4.69) is 26.1 Å². The minimum Gasteiger partial charge on any atom is -0.314 e. The lowest BCUT2D eigenvalue weighted by Gasteiger charge is -2.14. The third-order valence-electron chi connectivity index (χ3n) is 2.92. The average molecular weight is 183 g/mol. The fourth-order valence-corrected chi connectivity index (χ4v) is 1.63. The van der Waals surface area contributed by atoms with Gasteiger partial charge in [0.25, 0.3) is 0 Å². The largest absolute Gasteiger partial charge is 0.314 e. The van der Waals surface area contributed by atoms with Gasteiger partial charge in [-0.25, -0.2) is 0 Å². The summed E-state index contributed by atoms with van der Waals surface area (Å²) in [5.74, 6) is 1.93. The predicted octanol–water partition coefficient (Wildman–Crippen LogP) is 3.20. The SMILES string of the molecule is CC(C)CCC(C)NCCC1CC1. The lowest BCUT2D eigenvalue weighted by atomic mass is 10.0. The highest BCUT2D eigenvalue weighted by molar-refractivity contribution is 4.74. The molecule has 1 N–H and O–H groups in total. The molecule has 1 aliphatic rings. The van der Waals surface area contributed by atoms with Crippen LogP contribution in [-0.4, -0.2) is 12.6 Å². The molecule has 0 aromatic heterocycles. The smallest absolute Gasteiger partial charge is 0.00388 e. The van der Waals surface area contributed by atoms with Crippen molar-refractivity contribution in [3.05, 3.63) is 0 Å². The summed E-state index contributed by atoms with van der Waals surface area (Å²) in [6, 6.07) is 0.723. The van der Waals surface area contributed by atoms with Crippen LogP contribution in [0.15, 0.2) is 0 Å². The number of hydrogen-bond donors (Lipinski definition) is 1. The Morgan fingerprint density at radius 2 is 1.85 bits per heavy atom. The third-order valence-corrected chi connectivity index (χ3v) is 2.92. The van der Waals surface area contributed by atoms with Crippen molar-refractivity contribution in [2.75, 3.05) is 6.54 Å². The fourth-order valence-electron chi connectivity index (χ4n) is 1.63. The van der Waals surface area contributed by atoms with E-state index in [1.807, 2.05) is 0 Å². The highest BCUT2D eigenvalue weighted by Crippen LogP contribution is 2.31. The van der Waals surface area contributed by atoms with Crippen molar-refractivity contribution in [3.8, 4) is 0 Å². The van der Waals surface area contributed by atoms with Crippen molar-refractivity contribution in [2.24, 2.45) is 11.8 Å². The molecule has 1 fully saturated rings. The highest BCUT2D eigenvalue weighted by Gasteiger charge is 2.20. The Labute approximate surface area is 83.3 Å². The summed E-state index contributed by atoms with van der Waals surface area (Å²) in [7, 11) is 0. The molecule has 1 rings (SSSR count). The summed E-state index contributed by atoms with van der Waals surface area (Å²) < 4.78 is 0. The summed E-state index contributed by atoms with van der Waals surface area (Å²) in [5.41, 5.74) is 0. The van der Waals surface area contributed by atoms with E-state index in [0.717, 1.165) is 17.9 Å². The maximum Gasteiger partial charge on any atom is 0.00388 e. The number of rotatable bonds is 7. The average Bonchev–Trinajstić information content (AvgIpc) is 2.84. The van der Waals surface area contributed by atoms with Crippen molar-refractivity contribution >= 4 is 0 Å². The second kappa shape index (κ2) is 5.64. The molecular formula is C12H25N. The molecule has 0 heterocycles. The molecule has 1 nitrogen and oxygen atoms in total. The zero-order valence-electron chi connectivity index (χ0n) is 9.47. The van der Waals surface area contributed by atoms with Gasteiger partial charge in [0.2, 0.25) is 0 Å². The van der Waals surface area contributed by atoms with Crippen LogP contribution in [0, 0.1) is 11.8 Å². The second-order valence-electron chi connectivity index (χ2n) is 5.06. The molecule has 0 aromatic rings. The molecular weight excluding hydrogens is 158 g/mol. The summed E-state index contributed by atoms with van der Waals surface area (Å²) in [5, 5.41) is 3.61. The van der Waals surface area contributed by atoms with E-state index in [1.165, 1.54) is 38.6 Å². The van der Waals surface area contributed by atoms with Gasteiger partial charge < -0.3 is 5.32 Å². The van der Waals surface area contributed by atoms with Gasteiger partial charge in [0.05, 0.1) is 0 Å². The summed E-state index contributed by atoms with van der Waals surface area (Å²) in [6.45, 7) is 8.16. The second-order valence-corrected chi connectivity index (χ2v) is 5.06. The third kappa shape index (κ3) is 6.09. The minimum atomic E-state index is 0.723. The van der Waals surface area contributed by atoms with Crippen LogP contribution in [0.5, 0.6) is 0 Å². The van der Waals surface area contributed by atoms with Gasteiger partial charge in [-0.15, -0.1) is 0 Å². The van der Waals surface area contributed by atoms with Crippen molar-refractivity contribution in [3.63, 3.8) is 0 Å². The summed E-state index contributed by atoms with van der Waals surface area (Å²) >= 11 is 0. The molecule has 0 radical (unpaired) electrons. The van der Waals surface area contributed by atoms with Crippen molar-refractivity contribution in [1.29, 1.82) is 0 Å². The predicted molar refractivity (Wildman–Crippen MR) is 58.9 cm³/mol. The van der Waals surface area contributed by atoms with E-state index in [9.17, 15) is 0 Å². The molecule has 0 amide bonds. The van der Waals surface area contributed by atoms with Gasteiger partial charge in [0, 0.05) is 6.04 Å². The number of nitrogens with one attached hydrogen (secondary N) is 1. The molecule has 0 spiro atoms. The Morgan fingerprint density at radius 1 is 1.15 bits per heavy atom. The molecule has 78 valence electrons. The molecule has 1 heteroatoms. The first-order chi connectivity index (χ1) is 6.18. The Morgan fingerprint density at radius 3 is 2.38 bits per heavy atom. The molecule has 0 saturated heterocycles. The van der Waals surface area contributed by atoms with E-state index in [4.69, 9.17) is 0 Å². The first kappa shape index (κ1) is 11.0. The maximum absolute atomic E-state index is 3.61. The Balaban J connectivity index is 1.87. The van der Waals surface area contributed by atoms with Crippen LogP contribution in [-0.2, 0) is 0 Å². The topological polar surface area (TPSA) is 12.0 Å². The van der Waals surface area contributed by atoms with Crippen molar-refractivity contribution < 1.29 is 0 Å². The Bertz CT molecular complexity index is 127. The lowest BCUT2D eigenvalue weighted by molar-refractivity contribution is 0.444. The van der Waals surface area contributed by atoms with E-state index >= 15 is 0 Å². The zero-order chi connectivity index (χ0) is 9.68. The molecule has 13 heavy (non-hydrogen) atoms. The molecule has 0 aliphatic heterocycles. The monoisotopic (exact) mass is 183 g/mol. The van der Waals surface area contributed by atoms with Crippen LogP contribution in [0.2, 0.25) is 0 Å². The molecule has 1 atom stereocenters. The van der Waals surface area contributed by atoms with Crippen LogP contribution in [0.3, 0.4) is 0 Å². The molecule has 0 aromatic carbocycles. The maximum atomic E-state index is 3.61. The van der Waals surface area contributed by atoms with E-state index in [-0.39, 0.29) is 0 Å². The fraction of sp³-hybridized carbons (Fsp3) is 1.00. The van der Waals surface area contributed by atoms with Gasteiger partial charge in [-0.1, -0.05) is 26.7 Å². The van der Waals surface area contributed by atoms with Crippen LogP contribution in [0.1, 0.15) is 52.9 Å². The van der Waals surface area contributed by atoms with Gasteiger partial charge in [0.1, 0.15) is 0 Å². The van der Waals surface area contributed by atoms with Crippen LogP contribution in [0.4, 0.5) is 0 Å². The van der Waals surface area contributed by atoms with Crippen molar-refractivity contribution in [1.82, 2.24) is 5.32 Å². The quantitative estimate of drug-likeness (QED) is 0.639. The van der Waals surface area contributed by atoms with Crippen LogP contribution >= 0.6 is 0 Å². The number of hydrogen-bond acceptors (Lipinski definition) is 1. The molecule has 1 unspecified atom stereocenters. The molecule has 1 aliphatic carbocycles. The lowest BCUT2D eigenvalue weighted by Crippen LogP contribution is -2.27. The summed E-state index contributed by atoms with van der Waals surface area (Å²) in [4.78, 5) is 0. The highest BCUT2D eigenvalue weighted by atomic mass is 14.9.